The molecule has 2 aromatic rings. The molecule has 2 atom stereocenters. The number of nitrogens with one attached hydrogen (secondary N) is 3. The molecular weight excluding hydrogens is 360 g/mol. The van der Waals surface area contributed by atoms with Gasteiger partial charge in [-0.05, 0) is 18.1 Å². The van der Waals surface area contributed by atoms with E-state index in [1.807, 2.05) is 12.1 Å². The molecule has 1 aromatic carbocycles. The number of para-hydroxylation sites is 1. The first-order valence-electron chi connectivity index (χ1n) is 9.30. The van der Waals surface area contributed by atoms with Gasteiger partial charge < -0.3 is 30.5 Å². The van der Waals surface area contributed by atoms with Crippen LogP contribution in [0.2, 0.25) is 0 Å². The van der Waals surface area contributed by atoms with Gasteiger partial charge in [0.1, 0.15) is 18.0 Å². The molecule has 2 unspecified atom stereocenters. The third-order valence-electron chi connectivity index (χ3n) is 5.37. The van der Waals surface area contributed by atoms with Gasteiger partial charge in [-0.15, -0.1) is 0 Å². The van der Waals surface area contributed by atoms with E-state index in [9.17, 15) is 4.79 Å². The largest absolute Gasteiger partial charge is 0.494 e. The van der Waals surface area contributed by atoms with Gasteiger partial charge in [0.15, 0.2) is 0 Å². The zero-order valence-electron chi connectivity index (χ0n) is 15.7. The number of rotatable bonds is 6. The third kappa shape index (κ3) is 3.36. The number of pyridine rings is 1. The van der Waals surface area contributed by atoms with Crippen LogP contribution in [-0.4, -0.2) is 55.5 Å². The number of nitrogens with zero attached hydrogens (tertiary/aromatic N) is 1. The van der Waals surface area contributed by atoms with Crippen molar-refractivity contribution in [3.05, 3.63) is 42.1 Å². The summed E-state index contributed by atoms with van der Waals surface area (Å²) in [5.74, 6) is 0.665. The van der Waals surface area contributed by atoms with Crippen molar-refractivity contribution in [2.24, 2.45) is 0 Å². The first-order chi connectivity index (χ1) is 13.6. The normalized spacial score (nSPS) is 22.6. The molecule has 0 radical (unpaired) electrons. The summed E-state index contributed by atoms with van der Waals surface area (Å²) in [5.41, 5.74) is 2.83. The number of hydrogen-bond donors (Lipinski definition) is 4. The fourth-order valence-electron chi connectivity index (χ4n) is 3.97. The molecule has 1 saturated heterocycles. The van der Waals surface area contributed by atoms with Crippen molar-refractivity contribution in [3.63, 3.8) is 0 Å². The van der Waals surface area contributed by atoms with Gasteiger partial charge in [0.05, 0.1) is 26.0 Å². The second-order valence-electron chi connectivity index (χ2n) is 7.10. The summed E-state index contributed by atoms with van der Waals surface area (Å²) in [5, 5.41) is 18.6. The highest BCUT2D eigenvalue weighted by Gasteiger charge is 2.46. The molecule has 28 heavy (non-hydrogen) atoms. The summed E-state index contributed by atoms with van der Waals surface area (Å²) >= 11 is 0. The molecule has 2 aliphatic heterocycles. The van der Waals surface area contributed by atoms with Crippen molar-refractivity contribution in [2.45, 2.75) is 17.9 Å². The van der Waals surface area contributed by atoms with Crippen LogP contribution in [-0.2, 0) is 10.2 Å². The molecule has 1 spiro atoms. The van der Waals surface area contributed by atoms with E-state index in [1.165, 1.54) is 18.9 Å². The standard InChI is InChI=1S/C20H24N4O4/c1-27-17-8-18(28-7-6-25)21-10-16(17)24-19(26)15-9-20(12-23-15)11-22-14-5-3-2-4-13(14)20/h2-5,8,10,15,22-23,25H,6-7,9,11-12H2,1H3,(H,24,26). The number of benzene rings is 1. The molecule has 4 rings (SSSR count). The molecule has 4 N–H and O–H groups in total. The maximum Gasteiger partial charge on any atom is 0.241 e. The van der Waals surface area contributed by atoms with Gasteiger partial charge in [-0.1, -0.05) is 18.2 Å². The molecule has 1 aromatic heterocycles. The van der Waals surface area contributed by atoms with Gasteiger partial charge in [0, 0.05) is 30.3 Å². The van der Waals surface area contributed by atoms with E-state index in [0.29, 0.717) is 17.3 Å². The lowest BCUT2D eigenvalue weighted by Crippen LogP contribution is -2.35. The lowest BCUT2D eigenvalue weighted by Gasteiger charge is -2.22. The minimum Gasteiger partial charge on any atom is -0.494 e. The Bertz CT molecular complexity index is 875. The van der Waals surface area contributed by atoms with E-state index < -0.39 is 0 Å². The first-order valence-corrected chi connectivity index (χ1v) is 9.30. The quantitative estimate of drug-likeness (QED) is 0.592. The highest BCUT2D eigenvalue weighted by atomic mass is 16.5. The molecule has 2 aliphatic rings. The average molecular weight is 384 g/mol. The highest BCUT2D eigenvalue weighted by molar-refractivity contribution is 5.96. The number of carbonyl (C=O) groups excluding carboxylic acids is 1. The van der Waals surface area contributed by atoms with Crippen LogP contribution in [0.25, 0.3) is 0 Å². The summed E-state index contributed by atoms with van der Waals surface area (Å²) in [4.78, 5) is 17.0. The van der Waals surface area contributed by atoms with E-state index in [1.54, 1.807) is 6.07 Å². The summed E-state index contributed by atoms with van der Waals surface area (Å²) in [6.45, 7) is 1.62. The molecule has 0 aliphatic carbocycles. The molecule has 1 amide bonds. The third-order valence-corrected chi connectivity index (χ3v) is 5.37. The first kappa shape index (κ1) is 18.5. The Balaban J connectivity index is 1.45. The number of amides is 1. The van der Waals surface area contributed by atoms with Crippen molar-refractivity contribution in [1.82, 2.24) is 10.3 Å². The molecule has 0 saturated carbocycles. The topological polar surface area (TPSA) is 105 Å². The average Bonchev–Trinajstić information content (AvgIpc) is 3.32. The smallest absolute Gasteiger partial charge is 0.241 e. The zero-order valence-corrected chi connectivity index (χ0v) is 15.7. The van der Waals surface area contributed by atoms with Gasteiger partial charge >= 0.3 is 0 Å². The van der Waals surface area contributed by atoms with Gasteiger partial charge in [-0.25, -0.2) is 4.98 Å². The fraction of sp³-hybridized carbons (Fsp3) is 0.400. The van der Waals surface area contributed by atoms with Crippen molar-refractivity contribution >= 4 is 17.3 Å². The van der Waals surface area contributed by atoms with Crippen molar-refractivity contribution < 1.29 is 19.4 Å². The molecule has 8 nitrogen and oxygen atoms in total. The van der Waals surface area contributed by atoms with Crippen LogP contribution in [0.4, 0.5) is 11.4 Å². The maximum absolute atomic E-state index is 12.9. The van der Waals surface area contributed by atoms with Crippen LogP contribution in [0.3, 0.4) is 0 Å². The Morgan fingerprint density at radius 3 is 3.07 bits per heavy atom. The summed E-state index contributed by atoms with van der Waals surface area (Å²) in [6, 6.07) is 9.56. The number of fused-ring (bicyclic) bond motifs is 2. The van der Waals surface area contributed by atoms with Crippen molar-refractivity contribution in [3.8, 4) is 11.6 Å². The SMILES string of the molecule is COc1cc(OCCO)ncc1NC(=O)C1CC2(CNc3ccccc32)CN1. The summed E-state index contributed by atoms with van der Waals surface area (Å²) < 4.78 is 10.6. The van der Waals surface area contributed by atoms with E-state index in [2.05, 4.69) is 33.1 Å². The van der Waals surface area contributed by atoms with E-state index >= 15 is 0 Å². The van der Waals surface area contributed by atoms with Gasteiger partial charge in [0.25, 0.3) is 0 Å². The van der Waals surface area contributed by atoms with Crippen LogP contribution in [0.5, 0.6) is 11.6 Å². The van der Waals surface area contributed by atoms with Gasteiger partial charge in [-0.2, -0.15) is 0 Å². The monoisotopic (exact) mass is 384 g/mol. The van der Waals surface area contributed by atoms with Crippen LogP contribution < -0.4 is 25.4 Å². The second-order valence-corrected chi connectivity index (χ2v) is 7.10. The predicted molar refractivity (Wildman–Crippen MR) is 105 cm³/mol. The Morgan fingerprint density at radius 1 is 1.39 bits per heavy atom. The number of carbonyl (C=O) groups is 1. The molecule has 148 valence electrons. The number of hydrogen-bond acceptors (Lipinski definition) is 7. The predicted octanol–water partition coefficient (Wildman–Crippen LogP) is 1.13. The summed E-state index contributed by atoms with van der Waals surface area (Å²) in [7, 11) is 1.52. The van der Waals surface area contributed by atoms with Gasteiger partial charge in [-0.3, -0.25) is 4.79 Å². The molecule has 0 bridgehead atoms. The van der Waals surface area contributed by atoms with Crippen LogP contribution in [0.15, 0.2) is 36.5 Å². The van der Waals surface area contributed by atoms with E-state index in [0.717, 1.165) is 25.2 Å². The molecule has 8 heteroatoms. The summed E-state index contributed by atoms with van der Waals surface area (Å²) in [6.07, 6.45) is 2.22. The van der Waals surface area contributed by atoms with Crippen molar-refractivity contribution in [1.29, 1.82) is 0 Å². The number of methoxy groups -OCH3 is 1. The zero-order chi connectivity index (χ0) is 19.6. The number of aromatic nitrogens is 1. The molecular formula is C20H24N4O4. The maximum atomic E-state index is 12.9. The lowest BCUT2D eigenvalue weighted by molar-refractivity contribution is -0.117. The number of ether oxygens (including phenoxy) is 2. The van der Waals surface area contributed by atoms with E-state index in [4.69, 9.17) is 14.6 Å². The molecule has 1 fully saturated rings. The number of anilines is 2. The van der Waals surface area contributed by atoms with Crippen molar-refractivity contribution in [2.75, 3.05) is 44.0 Å². The minimum atomic E-state index is -0.303. The van der Waals surface area contributed by atoms with Crippen LogP contribution in [0.1, 0.15) is 12.0 Å². The molecule has 3 heterocycles. The Kier molecular flexibility index (Phi) is 5.06. The van der Waals surface area contributed by atoms with Crippen LogP contribution in [0, 0.1) is 0 Å². The van der Waals surface area contributed by atoms with Crippen LogP contribution >= 0.6 is 0 Å². The fourth-order valence-corrected chi connectivity index (χ4v) is 3.97. The van der Waals surface area contributed by atoms with Gasteiger partial charge in [0.2, 0.25) is 11.8 Å². The minimum absolute atomic E-state index is 0.0665. The lowest BCUT2D eigenvalue weighted by atomic mass is 9.80. The Morgan fingerprint density at radius 2 is 2.25 bits per heavy atom. The number of aliphatic hydroxyl groups excluding tert-OH is 1. The second kappa shape index (κ2) is 7.65. The Hall–Kier alpha value is -2.84. The van der Waals surface area contributed by atoms with E-state index in [-0.39, 0.29) is 30.6 Å². The highest BCUT2D eigenvalue weighted by Crippen LogP contribution is 2.42. The number of aliphatic hydroxyl groups is 1. The Labute approximate surface area is 163 Å².